The molecular weight excluding hydrogens is 304 g/mol. The van der Waals surface area contributed by atoms with Crippen molar-refractivity contribution in [1.29, 1.82) is 0 Å². The van der Waals surface area contributed by atoms with Gasteiger partial charge in [0.05, 0.1) is 13.2 Å². The molecule has 0 radical (unpaired) electrons. The minimum absolute atomic E-state index is 0.0441. The number of rotatable bonds is 8. The molecule has 126 valence electrons. The number of ketones is 1. The van der Waals surface area contributed by atoms with E-state index in [-0.39, 0.29) is 24.3 Å². The largest absolute Gasteiger partial charge is 0.383 e. The molecule has 2 N–H and O–H groups in total. The van der Waals surface area contributed by atoms with E-state index in [1.165, 1.54) is 0 Å². The van der Waals surface area contributed by atoms with E-state index in [2.05, 4.69) is 10.6 Å². The minimum atomic E-state index is -0.126. The van der Waals surface area contributed by atoms with Crippen molar-refractivity contribution in [1.82, 2.24) is 5.32 Å². The van der Waals surface area contributed by atoms with Crippen LogP contribution in [0.5, 0.6) is 0 Å². The van der Waals surface area contributed by atoms with Gasteiger partial charge in [0.15, 0.2) is 5.78 Å². The lowest BCUT2D eigenvalue weighted by Gasteiger charge is -2.13. The molecule has 5 heteroatoms. The Morgan fingerprint density at radius 2 is 1.75 bits per heavy atom. The summed E-state index contributed by atoms with van der Waals surface area (Å²) < 4.78 is 4.98. The first-order valence-corrected chi connectivity index (χ1v) is 7.82. The lowest BCUT2D eigenvalue weighted by atomic mass is 10.0. The average Bonchev–Trinajstić information content (AvgIpc) is 2.60. The molecule has 0 spiro atoms. The summed E-state index contributed by atoms with van der Waals surface area (Å²) >= 11 is 0. The number of carbonyl (C=O) groups is 2. The molecule has 2 aromatic carbocycles. The number of amides is 1. The highest BCUT2D eigenvalue weighted by molar-refractivity contribution is 6.09. The van der Waals surface area contributed by atoms with Gasteiger partial charge in [-0.2, -0.15) is 0 Å². The number of ether oxygens (including phenoxy) is 1. The Labute approximate surface area is 142 Å². The standard InChI is InChI=1S/C19H22N2O3/c1-14(13-24-2)21-18(22)12-20-17-10-6-9-16(11-17)19(23)15-7-4-3-5-8-15/h3-11,14,20H,12-13H2,1-2H3,(H,21,22)/t14-/m1/s1. The van der Waals surface area contributed by atoms with Crippen LogP contribution < -0.4 is 10.6 Å². The molecule has 0 saturated heterocycles. The Morgan fingerprint density at radius 3 is 2.46 bits per heavy atom. The molecule has 2 aromatic rings. The number of hydrogen-bond donors (Lipinski definition) is 2. The van der Waals surface area contributed by atoms with Crippen molar-refractivity contribution in [2.45, 2.75) is 13.0 Å². The highest BCUT2D eigenvalue weighted by Crippen LogP contribution is 2.14. The highest BCUT2D eigenvalue weighted by Gasteiger charge is 2.10. The molecule has 0 unspecified atom stereocenters. The lowest BCUT2D eigenvalue weighted by Crippen LogP contribution is -2.39. The Bertz CT molecular complexity index is 686. The van der Waals surface area contributed by atoms with E-state index in [9.17, 15) is 9.59 Å². The zero-order chi connectivity index (χ0) is 17.4. The first kappa shape index (κ1) is 17.7. The van der Waals surface area contributed by atoms with E-state index in [1.54, 1.807) is 37.4 Å². The molecule has 5 nitrogen and oxygen atoms in total. The van der Waals surface area contributed by atoms with E-state index >= 15 is 0 Å². The van der Waals surface area contributed by atoms with Crippen molar-refractivity contribution in [2.75, 3.05) is 25.6 Å². The van der Waals surface area contributed by atoms with Gasteiger partial charge < -0.3 is 15.4 Å². The molecule has 0 fully saturated rings. The molecule has 1 amide bonds. The van der Waals surface area contributed by atoms with Gasteiger partial charge in [0.25, 0.3) is 0 Å². The van der Waals surface area contributed by atoms with E-state index in [0.29, 0.717) is 17.7 Å². The van der Waals surface area contributed by atoms with Crippen molar-refractivity contribution < 1.29 is 14.3 Å². The SMILES string of the molecule is COC[C@@H](C)NC(=O)CNc1cccc(C(=O)c2ccccc2)c1. The predicted octanol–water partition coefficient (Wildman–Crippen LogP) is 2.48. The summed E-state index contributed by atoms with van der Waals surface area (Å²) in [5, 5.41) is 5.85. The number of anilines is 1. The number of carbonyl (C=O) groups excluding carboxylic acids is 2. The Kier molecular flexibility index (Phi) is 6.51. The average molecular weight is 326 g/mol. The quantitative estimate of drug-likeness (QED) is 0.731. The topological polar surface area (TPSA) is 67.4 Å². The lowest BCUT2D eigenvalue weighted by molar-refractivity contribution is -0.120. The molecule has 0 saturated carbocycles. The van der Waals surface area contributed by atoms with Crippen LogP contribution >= 0.6 is 0 Å². The van der Waals surface area contributed by atoms with Crippen molar-refractivity contribution in [3.63, 3.8) is 0 Å². The third-order valence-corrected chi connectivity index (χ3v) is 3.44. The van der Waals surface area contributed by atoms with E-state index in [1.807, 2.05) is 31.2 Å². The molecule has 1 atom stereocenters. The molecule has 0 aliphatic carbocycles. The monoisotopic (exact) mass is 326 g/mol. The summed E-state index contributed by atoms with van der Waals surface area (Å²) in [5.74, 6) is -0.170. The van der Waals surface area contributed by atoms with Crippen LogP contribution in [-0.2, 0) is 9.53 Å². The summed E-state index contributed by atoms with van der Waals surface area (Å²) in [7, 11) is 1.59. The van der Waals surface area contributed by atoms with Gasteiger partial charge >= 0.3 is 0 Å². The van der Waals surface area contributed by atoms with E-state index in [0.717, 1.165) is 5.69 Å². The minimum Gasteiger partial charge on any atom is -0.383 e. The number of methoxy groups -OCH3 is 1. The Morgan fingerprint density at radius 1 is 1.04 bits per heavy atom. The summed E-state index contributed by atoms with van der Waals surface area (Å²) in [6.45, 7) is 2.48. The molecule has 0 aliphatic heterocycles. The molecule has 2 rings (SSSR count). The van der Waals surface area contributed by atoms with Crippen molar-refractivity contribution in [3.05, 3.63) is 65.7 Å². The zero-order valence-corrected chi connectivity index (χ0v) is 13.9. The van der Waals surface area contributed by atoms with Crippen LogP contribution in [0.15, 0.2) is 54.6 Å². The van der Waals surface area contributed by atoms with E-state index < -0.39 is 0 Å². The normalized spacial score (nSPS) is 11.6. The van der Waals surface area contributed by atoms with Crippen LogP contribution in [0.3, 0.4) is 0 Å². The molecular formula is C19H22N2O3. The first-order chi connectivity index (χ1) is 11.6. The van der Waals surface area contributed by atoms with Crippen molar-refractivity contribution in [2.24, 2.45) is 0 Å². The number of benzene rings is 2. The number of hydrogen-bond acceptors (Lipinski definition) is 4. The van der Waals surface area contributed by atoms with Gasteiger partial charge in [-0.25, -0.2) is 0 Å². The zero-order valence-electron chi connectivity index (χ0n) is 13.9. The van der Waals surface area contributed by atoms with Crippen LogP contribution in [-0.4, -0.2) is 38.0 Å². The van der Waals surface area contributed by atoms with Gasteiger partial charge in [0, 0.05) is 30.0 Å². The second-order valence-electron chi connectivity index (χ2n) is 5.55. The fourth-order valence-corrected chi connectivity index (χ4v) is 2.33. The third-order valence-electron chi connectivity index (χ3n) is 3.44. The van der Waals surface area contributed by atoms with Crippen LogP contribution in [0.25, 0.3) is 0 Å². The van der Waals surface area contributed by atoms with Gasteiger partial charge in [0.2, 0.25) is 5.91 Å². The Hall–Kier alpha value is -2.66. The highest BCUT2D eigenvalue weighted by atomic mass is 16.5. The van der Waals surface area contributed by atoms with Gasteiger partial charge in [-0.1, -0.05) is 42.5 Å². The van der Waals surface area contributed by atoms with Gasteiger partial charge in [-0.15, -0.1) is 0 Å². The van der Waals surface area contributed by atoms with Crippen LogP contribution in [0.1, 0.15) is 22.8 Å². The van der Waals surface area contributed by atoms with Crippen LogP contribution in [0.4, 0.5) is 5.69 Å². The summed E-state index contributed by atoms with van der Waals surface area (Å²) in [6, 6.07) is 16.2. The van der Waals surface area contributed by atoms with Crippen molar-refractivity contribution in [3.8, 4) is 0 Å². The molecule has 0 aliphatic rings. The molecule has 0 aromatic heterocycles. The van der Waals surface area contributed by atoms with Crippen LogP contribution in [0.2, 0.25) is 0 Å². The second kappa shape index (κ2) is 8.84. The molecule has 0 bridgehead atoms. The summed E-state index contributed by atoms with van der Waals surface area (Å²) in [4.78, 5) is 24.3. The first-order valence-electron chi connectivity index (χ1n) is 7.82. The predicted molar refractivity (Wildman–Crippen MR) is 94.3 cm³/mol. The summed E-state index contributed by atoms with van der Waals surface area (Å²) in [5.41, 5.74) is 1.95. The molecule has 0 heterocycles. The fourth-order valence-electron chi connectivity index (χ4n) is 2.33. The molecule has 24 heavy (non-hydrogen) atoms. The fraction of sp³-hybridized carbons (Fsp3) is 0.263. The van der Waals surface area contributed by atoms with Crippen LogP contribution in [0, 0.1) is 0 Å². The van der Waals surface area contributed by atoms with Crippen molar-refractivity contribution >= 4 is 17.4 Å². The third kappa shape index (κ3) is 5.21. The van der Waals surface area contributed by atoms with Gasteiger partial charge in [-0.3, -0.25) is 9.59 Å². The maximum atomic E-state index is 12.4. The second-order valence-corrected chi connectivity index (χ2v) is 5.55. The maximum absolute atomic E-state index is 12.4. The maximum Gasteiger partial charge on any atom is 0.239 e. The van der Waals surface area contributed by atoms with E-state index in [4.69, 9.17) is 4.74 Å². The smallest absolute Gasteiger partial charge is 0.239 e. The number of nitrogens with one attached hydrogen (secondary N) is 2. The van der Waals surface area contributed by atoms with Gasteiger partial charge in [-0.05, 0) is 19.1 Å². The summed E-state index contributed by atoms with van der Waals surface area (Å²) in [6.07, 6.45) is 0. The van der Waals surface area contributed by atoms with Gasteiger partial charge in [0.1, 0.15) is 0 Å². The Balaban J connectivity index is 1.96.